The van der Waals surface area contributed by atoms with Crippen LogP contribution in [0.5, 0.6) is 5.88 Å². The van der Waals surface area contributed by atoms with Crippen LogP contribution in [0.15, 0.2) is 24.3 Å². The van der Waals surface area contributed by atoms with Crippen molar-refractivity contribution >= 4 is 36.0 Å². The number of nitrogens with zero attached hydrogens (tertiary/aromatic N) is 3. The number of nitrogens with one attached hydrogen (secondary N) is 1. The van der Waals surface area contributed by atoms with Crippen molar-refractivity contribution < 1.29 is 62.6 Å². The van der Waals surface area contributed by atoms with Crippen LogP contribution >= 0.6 is 0 Å². The van der Waals surface area contributed by atoms with E-state index in [2.05, 4.69) is 33.3 Å². The fraction of sp³-hybridized carbons (Fsp3) is 0.652. The van der Waals surface area contributed by atoms with Gasteiger partial charge >= 0.3 is 30.0 Å². The summed E-state index contributed by atoms with van der Waals surface area (Å²) in [6.45, 7) is 12.2. The molecule has 5 rings (SSSR count). The second-order valence-corrected chi connectivity index (χ2v) is 17.7. The summed E-state index contributed by atoms with van der Waals surface area (Å²) in [6.07, 6.45) is 1.51. The Morgan fingerprint density at radius 1 is 0.952 bits per heavy atom. The molecule has 1 amide bonds. The number of ether oxygens (including phenoxy) is 7. The Hall–Kier alpha value is -4.96. The quantitative estimate of drug-likeness (QED) is 0.162. The number of aromatic amines is 1. The number of H-pyrrole nitrogens is 1. The highest BCUT2D eigenvalue weighted by Gasteiger charge is 2.54. The second kappa shape index (κ2) is 20.9. The van der Waals surface area contributed by atoms with Crippen molar-refractivity contribution in [3.05, 3.63) is 52.2 Å². The van der Waals surface area contributed by atoms with E-state index in [0.717, 1.165) is 80.8 Å². The van der Waals surface area contributed by atoms with Gasteiger partial charge in [0.15, 0.2) is 12.2 Å². The van der Waals surface area contributed by atoms with E-state index >= 15 is 0 Å². The fourth-order valence-electron chi connectivity index (χ4n) is 8.44. The molecule has 4 heterocycles. The number of carbonyl (C=O) groups is 5. The highest BCUT2D eigenvalue weighted by atomic mass is 16.7. The van der Waals surface area contributed by atoms with Crippen LogP contribution in [0.2, 0.25) is 0 Å². The minimum Gasteiger partial charge on any atom is -0.463 e. The second-order valence-electron chi connectivity index (χ2n) is 17.7. The Bertz CT molecular complexity index is 2020. The van der Waals surface area contributed by atoms with Gasteiger partial charge in [0.05, 0.1) is 0 Å². The predicted molar refractivity (Wildman–Crippen MR) is 228 cm³/mol. The van der Waals surface area contributed by atoms with E-state index in [9.17, 15) is 24.0 Å². The molecule has 3 aliphatic rings. The fourth-order valence-corrected chi connectivity index (χ4v) is 8.44. The Balaban J connectivity index is 1.30. The van der Waals surface area contributed by atoms with E-state index in [1.807, 2.05) is 58.6 Å². The summed E-state index contributed by atoms with van der Waals surface area (Å²) in [6, 6.07) is 6.17. The Labute approximate surface area is 370 Å². The van der Waals surface area contributed by atoms with Gasteiger partial charge in [0.1, 0.15) is 18.3 Å². The first-order chi connectivity index (χ1) is 31.4. The summed E-state index contributed by atoms with van der Waals surface area (Å²) in [5.41, 5.74) is 4.09. The molecular weight excluding hydrogens is 801 g/mol. The molecule has 1 aromatic heterocycles. The topological polar surface area (TPSA) is 185 Å². The van der Waals surface area contributed by atoms with Crippen LogP contribution < -0.4 is 4.74 Å². The van der Waals surface area contributed by atoms with E-state index in [0.29, 0.717) is 12.0 Å². The van der Waals surface area contributed by atoms with Gasteiger partial charge in [-0.1, -0.05) is 44.2 Å². The molecule has 0 aliphatic carbocycles. The average molecular weight is 871 g/mol. The van der Waals surface area contributed by atoms with Gasteiger partial charge in [-0.05, 0) is 94.4 Å². The number of aromatic nitrogens is 2. The highest BCUT2D eigenvalue weighted by Crippen LogP contribution is 2.40. The average Bonchev–Trinajstić information content (AvgIpc) is 3.68. The van der Waals surface area contributed by atoms with Crippen LogP contribution in [0, 0.1) is 12.3 Å². The first kappa shape index (κ1) is 42.3. The van der Waals surface area contributed by atoms with Gasteiger partial charge in [-0.3, -0.25) is 24.3 Å². The van der Waals surface area contributed by atoms with Crippen LogP contribution in [0.4, 0.5) is 4.79 Å². The van der Waals surface area contributed by atoms with E-state index < -0.39 is 94.4 Å². The summed E-state index contributed by atoms with van der Waals surface area (Å²) in [5.74, 6) is -4.21. The number of rotatable bonds is 14. The molecule has 0 radical (unpaired) electrons. The Morgan fingerprint density at radius 3 is 2.27 bits per heavy atom. The molecule has 5 atom stereocenters. The molecule has 1 N–H and O–H groups in total. The minimum atomic E-state index is -1.70. The van der Waals surface area contributed by atoms with E-state index in [-0.39, 0.29) is 23.3 Å². The maximum absolute atomic E-state index is 12.7. The normalized spacial score (nSPS) is 23.8. The van der Waals surface area contributed by atoms with Gasteiger partial charge in [-0.25, -0.2) is 4.79 Å². The Morgan fingerprint density at radius 2 is 1.63 bits per heavy atom. The van der Waals surface area contributed by atoms with E-state index in [1.165, 1.54) is 6.42 Å². The van der Waals surface area contributed by atoms with Crippen molar-refractivity contribution in [3.63, 3.8) is 0 Å². The Kier molecular flexibility index (Phi) is 14.3. The molecule has 2 aromatic rings. The van der Waals surface area contributed by atoms with Crippen molar-refractivity contribution in [2.75, 3.05) is 39.3 Å². The number of aryl methyl sites for hydroxylation is 1. The summed E-state index contributed by atoms with van der Waals surface area (Å²) in [5, 5.41) is 7.48. The third kappa shape index (κ3) is 13.3. The van der Waals surface area contributed by atoms with Gasteiger partial charge in [0, 0.05) is 76.9 Å². The number of carbonyl (C=O) groups excluding carboxylic acids is 5. The maximum Gasteiger partial charge on any atom is 0.410 e. The predicted octanol–water partition coefficient (Wildman–Crippen LogP) is 6.41. The summed E-state index contributed by atoms with van der Waals surface area (Å²) in [7, 11) is 0. The zero-order chi connectivity index (χ0) is 48.2. The monoisotopic (exact) mass is 870 g/mol. The van der Waals surface area contributed by atoms with Gasteiger partial charge < -0.3 is 43.0 Å². The number of amides is 1. The number of hydrogen-bond acceptors (Lipinski definition) is 14. The number of esters is 4. The minimum absolute atomic E-state index is 0.0427. The molecule has 3 fully saturated rings. The van der Waals surface area contributed by atoms with Crippen LogP contribution in [0.25, 0.3) is 6.08 Å². The van der Waals surface area contributed by atoms with Crippen molar-refractivity contribution in [3.8, 4) is 5.88 Å². The number of hydrogen-bond donors (Lipinski definition) is 1. The van der Waals surface area contributed by atoms with Crippen LogP contribution in [-0.2, 0) is 54.0 Å². The van der Waals surface area contributed by atoms with Crippen LogP contribution in [-0.4, -0.2) is 126 Å². The first-order valence-corrected chi connectivity index (χ1v) is 21.1. The largest absolute Gasteiger partial charge is 0.463 e. The zero-order valence-electron chi connectivity index (χ0n) is 40.9. The standard InChI is InChI=1S/C46H66N4O12/c1-28(2)38-36(42(48-47-38)61-43-41(59-33(7)54)40(58-32(6)53)39(57-31(5)52)37(60-43)26-56-30(4)51)25-35-16-15-34(24-29(35)3)14-11-12-20-49-21-13-17-46(27-49)18-22-50(23-19-46)44(55)62-45(8,9)10/h11,14-16,24,28,37,39-41,43H,12-13,17-23,25-27H2,1-10H3,(H,47,48)/b14-11+/t37-,39-,40+,41-,43?/m1/s1/i4D,5D,6D,7D. The summed E-state index contributed by atoms with van der Waals surface area (Å²) in [4.78, 5) is 66.8. The molecule has 1 spiro atoms. The molecule has 1 unspecified atom stereocenters. The van der Waals surface area contributed by atoms with Gasteiger partial charge in [-0.15, -0.1) is 5.10 Å². The lowest BCUT2D eigenvalue weighted by Crippen LogP contribution is -2.63. The number of benzene rings is 1. The molecule has 0 saturated carbocycles. The molecule has 62 heavy (non-hydrogen) atoms. The lowest BCUT2D eigenvalue weighted by molar-refractivity contribution is -0.289. The smallest absolute Gasteiger partial charge is 0.410 e. The third-order valence-electron chi connectivity index (χ3n) is 11.3. The lowest BCUT2D eigenvalue weighted by Gasteiger charge is -2.47. The van der Waals surface area contributed by atoms with Crippen LogP contribution in [0.1, 0.15) is 134 Å². The molecule has 0 bridgehead atoms. The van der Waals surface area contributed by atoms with Crippen molar-refractivity contribution in [2.24, 2.45) is 5.41 Å². The molecule has 16 heteroatoms. The van der Waals surface area contributed by atoms with Crippen molar-refractivity contribution in [1.29, 1.82) is 0 Å². The zero-order valence-corrected chi connectivity index (χ0v) is 36.9. The number of piperidine rings is 2. The molecule has 3 saturated heterocycles. The maximum atomic E-state index is 12.7. The summed E-state index contributed by atoms with van der Waals surface area (Å²) < 4.78 is 69.8. The van der Waals surface area contributed by atoms with E-state index in [1.54, 1.807) is 0 Å². The molecule has 342 valence electrons. The highest BCUT2D eigenvalue weighted by molar-refractivity contribution is 5.69. The van der Waals surface area contributed by atoms with Gasteiger partial charge in [0.25, 0.3) is 0 Å². The molecule has 1 aromatic carbocycles. The lowest BCUT2D eigenvalue weighted by atomic mass is 9.72. The molecule has 16 nitrogen and oxygen atoms in total. The van der Waals surface area contributed by atoms with Crippen molar-refractivity contribution in [1.82, 2.24) is 20.0 Å². The first-order valence-electron chi connectivity index (χ1n) is 24.0. The van der Waals surface area contributed by atoms with Crippen molar-refractivity contribution in [2.45, 2.75) is 150 Å². The van der Waals surface area contributed by atoms with Crippen LogP contribution in [0.3, 0.4) is 0 Å². The van der Waals surface area contributed by atoms with Gasteiger partial charge in [0.2, 0.25) is 18.3 Å². The number of likely N-dealkylation sites (tertiary alicyclic amines) is 2. The molecular formula is C46H66N4O12. The third-order valence-corrected chi connectivity index (χ3v) is 11.3. The molecule has 3 aliphatic heterocycles. The summed E-state index contributed by atoms with van der Waals surface area (Å²) >= 11 is 0. The SMILES string of the molecule is [2H]CC(=O)OC[C@H]1OC(Oc2n[nH]c(C(C)C)c2Cc2ccc(/C=C/CCN3CCCC4(CCN(C(=O)OC(C)(C)C)CC4)C3)cc2C)[C@H](OC(=O)C[2H])[C@@H](OC(=O)C[2H])[C@@H]1OC(=O)C[2H]. The van der Waals surface area contributed by atoms with Gasteiger partial charge in [-0.2, -0.15) is 0 Å². The van der Waals surface area contributed by atoms with E-state index in [4.69, 9.17) is 38.6 Å².